The van der Waals surface area contributed by atoms with Crippen molar-refractivity contribution in [3.8, 4) is 0 Å². The molecule has 0 aromatic heterocycles. The van der Waals surface area contributed by atoms with E-state index in [-0.39, 0.29) is 0 Å². The van der Waals surface area contributed by atoms with Crippen molar-refractivity contribution in [1.82, 2.24) is 5.32 Å². The first-order valence-corrected chi connectivity index (χ1v) is 9.90. The molecule has 0 radical (unpaired) electrons. The lowest BCUT2D eigenvalue weighted by Gasteiger charge is -2.36. The molecule has 1 saturated carbocycles. The molecule has 1 aromatic carbocycles. The van der Waals surface area contributed by atoms with Crippen LogP contribution in [0.2, 0.25) is 0 Å². The third-order valence-corrected chi connectivity index (χ3v) is 8.08. The standard InChI is InChI=1S/C17H25NS2/c1-3-15-17(20-10-9-19-15)16(18-2)14-11-13(14)12-7-5-4-6-8-12/h4-8,13-18H,3,9-11H2,1-2H3. The smallest absolute Gasteiger partial charge is 0.0322 e. The third kappa shape index (κ3) is 3.05. The van der Waals surface area contributed by atoms with Crippen LogP contribution in [-0.2, 0) is 0 Å². The highest BCUT2D eigenvalue weighted by molar-refractivity contribution is 8.07. The van der Waals surface area contributed by atoms with Gasteiger partial charge in [0.1, 0.15) is 0 Å². The van der Waals surface area contributed by atoms with Crippen molar-refractivity contribution in [2.45, 2.75) is 42.2 Å². The summed E-state index contributed by atoms with van der Waals surface area (Å²) in [6, 6.07) is 11.8. The second-order valence-corrected chi connectivity index (χ2v) is 8.52. The molecule has 1 heterocycles. The first kappa shape index (κ1) is 14.8. The Bertz CT molecular complexity index is 422. The van der Waals surface area contributed by atoms with E-state index in [1.165, 1.54) is 24.3 Å². The molecular formula is C17H25NS2. The number of hydrogen-bond acceptors (Lipinski definition) is 3. The van der Waals surface area contributed by atoms with Gasteiger partial charge in [-0.05, 0) is 37.3 Å². The van der Waals surface area contributed by atoms with Gasteiger partial charge in [0.05, 0.1) is 0 Å². The second-order valence-electron chi connectivity index (χ2n) is 5.88. The normalized spacial score (nSPS) is 34.7. The maximum Gasteiger partial charge on any atom is 0.0322 e. The second kappa shape index (κ2) is 6.76. The third-order valence-electron chi connectivity index (χ3n) is 4.71. The summed E-state index contributed by atoms with van der Waals surface area (Å²) in [6.45, 7) is 2.35. The molecule has 5 unspecified atom stereocenters. The van der Waals surface area contributed by atoms with E-state index in [4.69, 9.17) is 0 Å². The Kier molecular flexibility index (Phi) is 5.00. The molecule has 2 aliphatic rings. The van der Waals surface area contributed by atoms with Crippen molar-refractivity contribution >= 4 is 23.5 Å². The van der Waals surface area contributed by atoms with Crippen LogP contribution in [0, 0.1) is 5.92 Å². The Morgan fingerprint density at radius 2 is 1.95 bits per heavy atom. The first-order valence-electron chi connectivity index (χ1n) is 7.80. The highest BCUT2D eigenvalue weighted by Gasteiger charge is 2.47. The van der Waals surface area contributed by atoms with Crippen molar-refractivity contribution in [2.75, 3.05) is 18.6 Å². The minimum Gasteiger partial charge on any atom is -0.316 e. The van der Waals surface area contributed by atoms with Crippen LogP contribution in [0.4, 0.5) is 0 Å². The van der Waals surface area contributed by atoms with Gasteiger partial charge in [-0.1, -0.05) is 37.3 Å². The molecular weight excluding hydrogens is 282 g/mol. The summed E-state index contributed by atoms with van der Waals surface area (Å²) < 4.78 is 0. The Hall–Kier alpha value is -0.120. The van der Waals surface area contributed by atoms with Crippen LogP contribution >= 0.6 is 23.5 Å². The summed E-state index contributed by atoms with van der Waals surface area (Å²) in [6.07, 6.45) is 2.68. The maximum atomic E-state index is 3.66. The van der Waals surface area contributed by atoms with E-state index < -0.39 is 0 Å². The van der Waals surface area contributed by atoms with Gasteiger partial charge in [-0.15, -0.1) is 0 Å². The highest BCUT2D eigenvalue weighted by Crippen LogP contribution is 2.52. The Morgan fingerprint density at radius 1 is 1.20 bits per heavy atom. The molecule has 5 atom stereocenters. The minimum absolute atomic E-state index is 0.683. The molecule has 20 heavy (non-hydrogen) atoms. The lowest BCUT2D eigenvalue weighted by atomic mass is 10.00. The van der Waals surface area contributed by atoms with Gasteiger partial charge in [0.2, 0.25) is 0 Å². The lowest BCUT2D eigenvalue weighted by Crippen LogP contribution is -2.45. The molecule has 1 saturated heterocycles. The molecule has 0 amide bonds. The predicted octanol–water partition coefficient (Wildman–Crippen LogP) is 4.01. The van der Waals surface area contributed by atoms with Crippen molar-refractivity contribution < 1.29 is 0 Å². The Balaban J connectivity index is 1.69. The lowest BCUT2D eigenvalue weighted by molar-refractivity contribution is 0.463. The van der Waals surface area contributed by atoms with Crippen molar-refractivity contribution in [1.29, 1.82) is 0 Å². The van der Waals surface area contributed by atoms with Crippen LogP contribution in [0.3, 0.4) is 0 Å². The van der Waals surface area contributed by atoms with E-state index in [0.717, 1.165) is 22.3 Å². The summed E-state index contributed by atoms with van der Waals surface area (Å²) >= 11 is 4.41. The van der Waals surface area contributed by atoms with Crippen LogP contribution in [-0.4, -0.2) is 35.1 Å². The fourth-order valence-corrected chi connectivity index (χ4v) is 6.95. The zero-order valence-corrected chi connectivity index (χ0v) is 14.1. The molecule has 1 nitrogen and oxygen atoms in total. The molecule has 1 aliphatic carbocycles. The zero-order valence-electron chi connectivity index (χ0n) is 12.4. The Morgan fingerprint density at radius 3 is 2.65 bits per heavy atom. The van der Waals surface area contributed by atoms with Gasteiger partial charge in [-0.2, -0.15) is 23.5 Å². The van der Waals surface area contributed by atoms with Gasteiger partial charge >= 0.3 is 0 Å². The van der Waals surface area contributed by atoms with Gasteiger partial charge < -0.3 is 5.32 Å². The van der Waals surface area contributed by atoms with E-state index in [1.807, 2.05) is 0 Å². The van der Waals surface area contributed by atoms with Gasteiger partial charge in [0.15, 0.2) is 0 Å². The van der Waals surface area contributed by atoms with E-state index >= 15 is 0 Å². The number of thioether (sulfide) groups is 2. The molecule has 1 N–H and O–H groups in total. The summed E-state index contributed by atoms with van der Waals surface area (Å²) in [5.41, 5.74) is 1.54. The minimum atomic E-state index is 0.683. The van der Waals surface area contributed by atoms with Gasteiger partial charge in [-0.25, -0.2) is 0 Å². The van der Waals surface area contributed by atoms with Crippen LogP contribution in [0.25, 0.3) is 0 Å². The van der Waals surface area contributed by atoms with Crippen LogP contribution in [0.5, 0.6) is 0 Å². The zero-order chi connectivity index (χ0) is 13.9. The number of hydrogen-bond donors (Lipinski definition) is 1. The van der Waals surface area contributed by atoms with E-state index in [9.17, 15) is 0 Å². The summed E-state index contributed by atoms with van der Waals surface area (Å²) in [5, 5.41) is 5.29. The quantitative estimate of drug-likeness (QED) is 0.883. The van der Waals surface area contributed by atoms with E-state index in [0.29, 0.717) is 6.04 Å². The summed E-state index contributed by atoms with van der Waals surface area (Å²) in [4.78, 5) is 0. The predicted molar refractivity (Wildman–Crippen MR) is 92.9 cm³/mol. The monoisotopic (exact) mass is 307 g/mol. The number of rotatable bonds is 5. The topological polar surface area (TPSA) is 12.0 Å². The molecule has 110 valence electrons. The average Bonchev–Trinajstić information content (AvgIpc) is 3.30. The molecule has 1 aliphatic heterocycles. The SMILES string of the molecule is CCC1SCCSC1C(NC)C1CC1c1ccccc1. The maximum absolute atomic E-state index is 3.66. The fraction of sp³-hybridized carbons (Fsp3) is 0.647. The molecule has 0 bridgehead atoms. The van der Waals surface area contributed by atoms with Crippen molar-refractivity contribution in [3.05, 3.63) is 35.9 Å². The molecule has 3 rings (SSSR count). The van der Waals surface area contributed by atoms with Gasteiger partial charge in [-0.3, -0.25) is 0 Å². The van der Waals surface area contributed by atoms with Crippen molar-refractivity contribution in [3.63, 3.8) is 0 Å². The van der Waals surface area contributed by atoms with Crippen LogP contribution in [0.15, 0.2) is 30.3 Å². The highest BCUT2D eigenvalue weighted by atomic mass is 32.2. The van der Waals surface area contributed by atoms with Gasteiger partial charge in [0, 0.05) is 28.0 Å². The largest absolute Gasteiger partial charge is 0.316 e. The number of benzene rings is 1. The van der Waals surface area contributed by atoms with E-state index in [1.54, 1.807) is 5.56 Å². The molecule has 1 aromatic rings. The Labute approximate surface area is 131 Å². The summed E-state index contributed by atoms with van der Waals surface area (Å²) in [7, 11) is 2.16. The first-order chi connectivity index (χ1) is 9.85. The molecule has 2 fully saturated rings. The van der Waals surface area contributed by atoms with E-state index in [2.05, 4.69) is 73.1 Å². The average molecular weight is 308 g/mol. The number of nitrogens with one attached hydrogen (secondary N) is 1. The molecule has 0 spiro atoms. The van der Waals surface area contributed by atoms with Crippen molar-refractivity contribution in [2.24, 2.45) is 5.92 Å². The van der Waals surface area contributed by atoms with Crippen LogP contribution in [0.1, 0.15) is 31.2 Å². The van der Waals surface area contributed by atoms with Crippen LogP contribution < -0.4 is 5.32 Å². The summed E-state index contributed by atoms with van der Waals surface area (Å²) in [5.74, 6) is 4.29. The molecule has 3 heteroatoms. The van der Waals surface area contributed by atoms with Gasteiger partial charge in [0.25, 0.3) is 0 Å². The fourth-order valence-electron chi connectivity index (χ4n) is 3.59.